The summed E-state index contributed by atoms with van der Waals surface area (Å²) in [6.07, 6.45) is 1.92. The molecule has 0 radical (unpaired) electrons. The van der Waals surface area contributed by atoms with Crippen LogP contribution in [0.4, 0.5) is 5.69 Å². The van der Waals surface area contributed by atoms with Gasteiger partial charge in [-0.25, -0.2) is 0 Å². The number of amides is 1. The van der Waals surface area contributed by atoms with Crippen LogP contribution in [0.1, 0.15) is 19.3 Å². The summed E-state index contributed by atoms with van der Waals surface area (Å²) in [5.74, 6) is -1.78. The third kappa shape index (κ3) is 3.04. The fourth-order valence-corrected chi connectivity index (χ4v) is 2.74. The number of ether oxygens (including phenoxy) is 1. The van der Waals surface area contributed by atoms with E-state index in [9.17, 15) is 9.59 Å². The molecule has 2 unspecified atom stereocenters. The molecule has 0 aliphatic heterocycles. The van der Waals surface area contributed by atoms with Crippen molar-refractivity contribution in [1.82, 2.24) is 0 Å². The molecule has 0 heterocycles. The van der Waals surface area contributed by atoms with Crippen LogP contribution in [0.15, 0.2) is 18.2 Å². The van der Waals surface area contributed by atoms with Crippen LogP contribution < -0.4 is 10.1 Å². The lowest BCUT2D eigenvalue weighted by Crippen LogP contribution is -2.29. The number of hydrogen-bond acceptors (Lipinski definition) is 3. The molecule has 2 N–H and O–H groups in total. The van der Waals surface area contributed by atoms with Crippen LogP contribution in [-0.4, -0.2) is 24.1 Å². The van der Waals surface area contributed by atoms with Crippen LogP contribution in [0.2, 0.25) is 5.02 Å². The maximum atomic E-state index is 12.2. The second-order valence-electron chi connectivity index (χ2n) is 4.82. The van der Waals surface area contributed by atoms with E-state index in [1.54, 1.807) is 18.2 Å². The van der Waals surface area contributed by atoms with Crippen molar-refractivity contribution in [2.45, 2.75) is 19.3 Å². The molecule has 1 saturated carbocycles. The zero-order valence-corrected chi connectivity index (χ0v) is 11.8. The van der Waals surface area contributed by atoms with Crippen molar-refractivity contribution in [2.24, 2.45) is 11.8 Å². The number of carbonyl (C=O) groups is 2. The predicted molar refractivity (Wildman–Crippen MR) is 75.1 cm³/mol. The van der Waals surface area contributed by atoms with Gasteiger partial charge >= 0.3 is 5.97 Å². The standard InChI is InChI=1S/C14H16ClNO4/c1-20-12-7-8(5-6-11(12)15)16-13(17)9-3-2-4-10(9)14(18)19/h5-7,9-10H,2-4H2,1H3,(H,16,17)(H,18,19). The van der Waals surface area contributed by atoms with Gasteiger partial charge in [0.1, 0.15) is 5.75 Å². The molecule has 5 nitrogen and oxygen atoms in total. The minimum Gasteiger partial charge on any atom is -0.495 e. The highest BCUT2D eigenvalue weighted by molar-refractivity contribution is 6.32. The van der Waals surface area contributed by atoms with E-state index in [4.69, 9.17) is 21.4 Å². The van der Waals surface area contributed by atoms with E-state index < -0.39 is 17.8 Å². The second kappa shape index (κ2) is 6.13. The minimum atomic E-state index is -0.906. The Morgan fingerprint density at radius 3 is 2.70 bits per heavy atom. The van der Waals surface area contributed by atoms with Crippen LogP contribution in [-0.2, 0) is 9.59 Å². The summed E-state index contributed by atoms with van der Waals surface area (Å²) in [6, 6.07) is 4.90. The molecule has 1 amide bonds. The maximum absolute atomic E-state index is 12.2. The Kier molecular flexibility index (Phi) is 4.49. The van der Waals surface area contributed by atoms with Crippen molar-refractivity contribution in [3.8, 4) is 5.75 Å². The average molecular weight is 298 g/mol. The van der Waals surface area contributed by atoms with Crippen LogP contribution in [0.5, 0.6) is 5.75 Å². The lowest BCUT2D eigenvalue weighted by Gasteiger charge is -2.16. The van der Waals surface area contributed by atoms with Gasteiger partial charge < -0.3 is 15.2 Å². The van der Waals surface area contributed by atoms with Crippen molar-refractivity contribution in [2.75, 3.05) is 12.4 Å². The highest BCUT2D eigenvalue weighted by atomic mass is 35.5. The Hall–Kier alpha value is -1.75. The molecule has 2 rings (SSSR count). The number of halogens is 1. The largest absolute Gasteiger partial charge is 0.495 e. The number of hydrogen-bond donors (Lipinski definition) is 2. The van der Waals surface area contributed by atoms with Gasteiger partial charge in [0.15, 0.2) is 0 Å². The Balaban J connectivity index is 2.09. The highest BCUT2D eigenvalue weighted by Gasteiger charge is 2.37. The third-order valence-electron chi connectivity index (χ3n) is 3.59. The molecule has 108 valence electrons. The molecule has 0 spiro atoms. The van der Waals surface area contributed by atoms with E-state index in [0.717, 1.165) is 6.42 Å². The molecule has 1 aromatic carbocycles. The van der Waals surface area contributed by atoms with Gasteiger partial charge in [-0.15, -0.1) is 0 Å². The van der Waals surface area contributed by atoms with Gasteiger partial charge in [0, 0.05) is 11.8 Å². The van der Waals surface area contributed by atoms with E-state index >= 15 is 0 Å². The quantitative estimate of drug-likeness (QED) is 0.896. The van der Waals surface area contributed by atoms with Gasteiger partial charge in [-0.1, -0.05) is 18.0 Å². The molecule has 1 aliphatic carbocycles. The summed E-state index contributed by atoms with van der Waals surface area (Å²) in [7, 11) is 1.49. The molecule has 6 heteroatoms. The minimum absolute atomic E-state index is 0.265. The molecule has 2 atom stereocenters. The van der Waals surface area contributed by atoms with Crippen molar-refractivity contribution < 1.29 is 19.4 Å². The fraction of sp³-hybridized carbons (Fsp3) is 0.429. The van der Waals surface area contributed by atoms with E-state index in [-0.39, 0.29) is 5.91 Å². The SMILES string of the molecule is COc1cc(NC(=O)C2CCCC2C(=O)O)ccc1Cl. The zero-order chi connectivity index (χ0) is 14.7. The van der Waals surface area contributed by atoms with Gasteiger partial charge in [-0.05, 0) is 25.0 Å². The van der Waals surface area contributed by atoms with Crippen molar-refractivity contribution in [3.63, 3.8) is 0 Å². The predicted octanol–water partition coefficient (Wildman–Crippen LogP) is 2.79. The topological polar surface area (TPSA) is 75.6 Å². The number of benzene rings is 1. The zero-order valence-electron chi connectivity index (χ0n) is 11.1. The number of methoxy groups -OCH3 is 1. The molecule has 1 aromatic rings. The summed E-state index contributed by atoms with van der Waals surface area (Å²) in [4.78, 5) is 23.3. The average Bonchev–Trinajstić information content (AvgIpc) is 2.90. The van der Waals surface area contributed by atoms with Crippen LogP contribution >= 0.6 is 11.6 Å². The first kappa shape index (κ1) is 14.7. The van der Waals surface area contributed by atoms with Gasteiger partial charge in [-0.2, -0.15) is 0 Å². The Morgan fingerprint density at radius 1 is 1.35 bits per heavy atom. The summed E-state index contributed by atoms with van der Waals surface area (Å²) >= 11 is 5.91. The highest BCUT2D eigenvalue weighted by Crippen LogP contribution is 2.33. The summed E-state index contributed by atoms with van der Waals surface area (Å²) in [6.45, 7) is 0. The van der Waals surface area contributed by atoms with Crippen molar-refractivity contribution >= 4 is 29.2 Å². The Bertz CT molecular complexity index is 532. The Morgan fingerprint density at radius 2 is 2.05 bits per heavy atom. The van der Waals surface area contributed by atoms with Crippen LogP contribution in [0.3, 0.4) is 0 Å². The Labute approximate surface area is 121 Å². The molecular weight excluding hydrogens is 282 g/mol. The number of aliphatic carboxylic acids is 1. The second-order valence-corrected chi connectivity index (χ2v) is 5.23. The van der Waals surface area contributed by atoms with Crippen LogP contribution in [0, 0.1) is 11.8 Å². The van der Waals surface area contributed by atoms with Gasteiger partial charge in [-0.3, -0.25) is 9.59 Å². The first-order chi connectivity index (χ1) is 9.52. The number of carboxylic acids is 1. The summed E-state index contributed by atoms with van der Waals surface area (Å²) in [5, 5.41) is 12.3. The van der Waals surface area contributed by atoms with Crippen molar-refractivity contribution in [3.05, 3.63) is 23.2 Å². The smallest absolute Gasteiger partial charge is 0.307 e. The summed E-state index contributed by atoms with van der Waals surface area (Å²) in [5.41, 5.74) is 0.548. The van der Waals surface area contributed by atoms with Gasteiger partial charge in [0.2, 0.25) is 5.91 Å². The van der Waals surface area contributed by atoms with E-state index in [0.29, 0.717) is 29.3 Å². The number of anilines is 1. The molecule has 1 aliphatic rings. The number of rotatable bonds is 4. The van der Waals surface area contributed by atoms with E-state index in [1.807, 2.05) is 0 Å². The number of nitrogens with one attached hydrogen (secondary N) is 1. The molecular formula is C14H16ClNO4. The lowest BCUT2D eigenvalue weighted by molar-refractivity contribution is -0.145. The lowest BCUT2D eigenvalue weighted by atomic mass is 9.95. The summed E-state index contributed by atoms with van der Waals surface area (Å²) < 4.78 is 5.07. The van der Waals surface area contributed by atoms with Crippen LogP contribution in [0.25, 0.3) is 0 Å². The molecule has 0 saturated heterocycles. The molecule has 0 aromatic heterocycles. The fourth-order valence-electron chi connectivity index (χ4n) is 2.54. The third-order valence-corrected chi connectivity index (χ3v) is 3.90. The molecule has 0 bridgehead atoms. The monoisotopic (exact) mass is 297 g/mol. The van der Waals surface area contributed by atoms with Gasteiger partial charge in [0.05, 0.1) is 24.0 Å². The van der Waals surface area contributed by atoms with E-state index in [1.165, 1.54) is 7.11 Å². The molecule has 20 heavy (non-hydrogen) atoms. The van der Waals surface area contributed by atoms with Gasteiger partial charge in [0.25, 0.3) is 0 Å². The maximum Gasteiger partial charge on any atom is 0.307 e. The number of carbonyl (C=O) groups excluding carboxylic acids is 1. The van der Waals surface area contributed by atoms with Crippen molar-refractivity contribution in [1.29, 1.82) is 0 Å². The molecule has 1 fully saturated rings. The van der Waals surface area contributed by atoms with E-state index in [2.05, 4.69) is 5.32 Å². The first-order valence-electron chi connectivity index (χ1n) is 6.40. The normalized spacial score (nSPS) is 21.5. The number of carboxylic acid groups (broad SMARTS) is 1. The first-order valence-corrected chi connectivity index (χ1v) is 6.78.